The van der Waals surface area contributed by atoms with E-state index in [1.165, 1.54) is 0 Å². The molecule has 0 fully saturated rings. The summed E-state index contributed by atoms with van der Waals surface area (Å²) in [6.45, 7) is 0.215. The zero-order valence-corrected chi connectivity index (χ0v) is 14.8. The van der Waals surface area contributed by atoms with Crippen LogP contribution in [-0.2, 0) is 4.79 Å². The van der Waals surface area contributed by atoms with Crippen LogP contribution in [0.25, 0.3) is 16.9 Å². The van der Waals surface area contributed by atoms with Gasteiger partial charge in [0.1, 0.15) is 0 Å². The van der Waals surface area contributed by atoms with E-state index in [9.17, 15) is 9.59 Å². The van der Waals surface area contributed by atoms with Gasteiger partial charge in [-0.1, -0.05) is 24.3 Å². The number of rotatable bonds is 6. The molecule has 2 N–H and O–H groups in total. The highest BCUT2D eigenvalue weighted by atomic mass is 16.3. The van der Waals surface area contributed by atoms with E-state index in [1.54, 1.807) is 47.4 Å². The highest BCUT2D eigenvalue weighted by Crippen LogP contribution is 2.21. The number of aromatic nitrogens is 3. The van der Waals surface area contributed by atoms with Crippen LogP contribution in [0.2, 0.25) is 0 Å². The molecule has 8 heteroatoms. The van der Waals surface area contributed by atoms with E-state index in [1.807, 2.05) is 24.3 Å². The first kappa shape index (κ1) is 17.5. The number of nitrogens with zero attached hydrogens (tertiary/aromatic N) is 3. The Morgan fingerprint density at radius 1 is 1.04 bits per heavy atom. The standard InChI is InChI=1S/C20H17N5O3/c26-18(9-11-21-19(27)14-5-2-1-3-6-14)23-20-22-17-8-4-7-16(25(17)24-20)15-10-12-28-13-15/h1-8,10,12-13H,9,11H2,(H,21,27)(H,23,24,26). The van der Waals surface area contributed by atoms with Crippen molar-refractivity contribution in [2.45, 2.75) is 6.42 Å². The summed E-state index contributed by atoms with van der Waals surface area (Å²) in [5.41, 5.74) is 2.81. The monoisotopic (exact) mass is 375 g/mol. The Balaban J connectivity index is 1.38. The van der Waals surface area contributed by atoms with Crippen molar-refractivity contribution in [1.29, 1.82) is 0 Å². The van der Waals surface area contributed by atoms with Crippen LogP contribution in [0.1, 0.15) is 16.8 Å². The van der Waals surface area contributed by atoms with Gasteiger partial charge in [-0.2, -0.15) is 4.98 Å². The molecule has 0 radical (unpaired) electrons. The number of fused-ring (bicyclic) bond motifs is 1. The maximum Gasteiger partial charge on any atom is 0.251 e. The molecule has 0 aliphatic carbocycles. The molecule has 0 spiro atoms. The topological polar surface area (TPSA) is 102 Å². The van der Waals surface area contributed by atoms with Crippen LogP contribution in [0.4, 0.5) is 5.95 Å². The number of carbonyl (C=O) groups excluding carboxylic acids is 2. The largest absolute Gasteiger partial charge is 0.472 e. The van der Waals surface area contributed by atoms with Crippen molar-refractivity contribution in [3.8, 4) is 11.3 Å². The number of carbonyl (C=O) groups is 2. The van der Waals surface area contributed by atoms with Crippen molar-refractivity contribution < 1.29 is 14.0 Å². The second kappa shape index (κ2) is 7.75. The maximum absolute atomic E-state index is 12.2. The lowest BCUT2D eigenvalue weighted by atomic mass is 10.2. The van der Waals surface area contributed by atoms with Crippen LogP contribution in [-0.4, -0.2) is 33.0 Å². The van der Waals surface area contributed by atoms with Crippen molar-refractivity contribution in [2.75, 3.05) is 11.9 Å². The van der Waals surface area contributed by atoms with Crippen LogP contribution in [0.5, 0.6) is 0 Å². The number of nitrogens with one attached hydrogen (secondary N) is 2. The number of anilines is 1. The van der Waals surface area contributed by atoms with Crippen molar-refractivity contribution in [2.24, 2.45) is 0 Å². The van der Waals surface area contributed by atoms with Gasteiger partial charge in [0, 0.05) is 24.1 Å². The Labute approximate surface area is 160 Å². The Morgan fingerprint density at radius 3 is 2.68 bits per heavy atom. The molecular weight excluding hydrogens is 358 g/mol. The Morgan fingerprint density at radius 2 is 1.89 bits per heavy atom. The van der Waals surface area contributed by atoms with E-state index >= 15 is 0 Å². The summed E-state index contributed by atoms with van der Waals surface area (Å²) in [5, 5.41) is 9.72. The molecule has 4 aromatic rings. The maximum atomic E-state index is 12.2. The first-order valence-corrected chi connectivity index (χ1v) is 8.72. The number of furan rings is 1. The van der Waals surface area contributed by atoms with Crippen molar-refractivity contribution >= 4 is 23.4 Å². The van der Waals surface area contributed by atoms with E-state index in [2.05, 4.69) is 20.7 Å². The molecule has 1 aromatic carbocycles. The highest BCUT2D eigenvalue weighted by Gasteiger charge is 2.12. The van der Waals surface area contributed by atoms with E-state index in [4.69, 9.17) is 4.42 Å². The lowest BCUT2D eigenvalue weighted by Gasteiger charge is -2.04. The van der Waals surface area contributed by atoms with Gasteiger partial charge >= 0.3 is 0 Å². The van der Waals surface area contributed by atoms with Crippen LogP contribution in [0, 0.1) is 0 Å². The highest BCUT2D eigenvalue weighted by molar-refractivity contribution is 5.95. The second-order valence-electron chi connectivity index (χ2n) is 6.05. The average Bonchev–Trinajstić information content (AvgIpc) is 3.37. The molecule has 0 aliphatic rings. The molecule has 0 aliphatic heterocycles. The third-order valence-corrected chi connectivity index (χ3v) is 4.10. The average molecular weight is 375 g/mol. The predicted molar refractivity (Wildman–Crippen MR) is 103 cm³/mol. The van der Waals surface area contributed by atoms with Gasteiger partial charge in [-0.15, -0.1) is 5.10 Å². The molecule has 0 saturated heterocycles. The van der Waals surface area contributed by atoms with Gasteiger partial charge in [0.15, 0.2) is 5.65 Å². The van der Waals surface area contributed by atoms with Gasteiger partial charge in [-0.25, -0.2) is 4.52 Å². The van der Waals surface area contributed by atoms with Crippen LogP contribution in [0.15, 0.2) is 71.5 Å². The summed E-state index contributed by atoms with van der Waals surface area (Å²) in [6.07, 6.45) is 3.31. The SMILES string of the molecule is O=C(CCNC(=O)c1ccccc1)Nc1nc2cccc(-c3ccoc3)n2n1. The van der Waals surface area contributed by atoms with Gasteiger partial charge in [-0.05, 0) is 30.3 Å². The third kappa shape index (κ3) is 3.75. The van der Waals surface area contributed by atoms with Gasteiger partial charge in [0.2, 0.25) is 11.9 Å². The molecule has 3 heterocycles. The van der Waals surface area contributed by atoms with Crippen LogP contribution < -0.4 is 10.6 Å². The Bertz CT molecular complexity index is 1100. The fourth-order valence-corrected chi connectivity index (χ4v) is 2.76. The Kier molecular flexibility index (Phi) is 4.83. The van der Waals surface area contributed by atoms with E-state index < -0.39 is 0 Å². The zero-order valence-electron chi connectivity index (χ0n) is 14.8. The van der Waals surface area contributed by atoms with Gasteiger partial charge in [0.05, 0.1) is 18.2 Å². The predicted octanol–water partition coefficient (Wildman–Crippen LogP) is 2.75. The summed E-state index contributed by atoms with van der Waals surface area (Å²) in [4.78, 5) is 28.4. The molecule has 0 saturated carbocycles. The lowest BCUT2D eigenvalue weighted by Crippen LogP contribution is -2.27. The van der Waals surface area contributed by atoms with Crippen LogP contribution >= 0.6 is 0 Å². The minimum atomic E-state index is -0.283. The third-order valence-electron chi connectivity index (χ3n) is 4.10. The van der Waals surface area contributed by atoms with Gasteiger partial charge in [-0.3, -0.25) is 14.9 Å². The molecule has 4 rings (SSSR count). The smallest absolute Gasteiger partial charge is 0.251 e. The number of benzene rings is 1. The molecule has 0 bridgehead atoms. The molecule has 0 unspecified atom stereocenters. The molecule has 8 nitrogen and oxygen atoms in total. The molecule has 140 valence electrons. The summed E-state index contributed by atoms with van der Waals surface area (Å²) in [7, 11) is 0. The fourth-order valence-electron chi connectivity index (χ4n) is 2.76. The van der Waals surface area contributed by atoms with Gasteiger partial charge < -0.3 is 9.73 Å². The first-order chi connectivity index (χ1) is 13.7. The minimum Gasteiger partial charge on any atom is -0.472 e. The summed E-state index contributed by atoms with van der Waals surface area (Å²) < 4.78 is 6.76. The summed E-state index contributed by atoms with van der Waals surface area (Å²) >= 11 is 0. The number of hydrogen-bond acceptors (Lipinski definition) is 5. The van der Waals surface area contributed by atoms with E-state index in [-0.39, 0.29) is 30.7 Å². The molecule has 2 amide bonds. The molecule has 3 aromatic heterocycles. The zero-order chi connectivity index (χ0) is 19.3. The van der Waals surface area contributed by atoms with E-state index in [0.29, 0.717) is 11.2 Å². The number of pyridine rings is 1. The van der Waals surface area contributed by atoms with Crippen LogP contribution in [0.3, 0.4) is 0 Å². The lowest BCUT2D eigenvalue weighted by molar-refractivity contribution is -0.116. The van der Waals surface area contributed by atoms with Crippen molar-refractivity contribution in [3.63, 3.8) is 0 Å². The van der Waals surface area contributed by atoms with Crippen molar-refractivity contribution in [3.05, 3.63) is 72.7 Å². The molecule has 0 atom stereocenters. The summed E-state index contributed by atoms with van der Waals surface area (Å²) in [5.74, 6) is -0.298. The number of amides is 2. The van der Waals surface area contributed by atoms with E-state index in [0.717, 1.165) is 11.3 Å². The fraction of sp³-hybridized carbons (Fsp3) is 0.100. The first-order valence-electron chi connectivity index (χ1n) is 8.72. The second-order valence-corrected chi connectivity index (χ2v) is 6.05. The normalized spacial score (nSPS) is 10.7. The quantitative estimate of drug-likeness (QED) is 0.540. The minimum absolute atomic E-state index is 0.114. The van der Waals surface area contributed by atoms with Gasteiger partial charge in [0.25, 0.3) is 5.91 Å². The molecular formula is C20H17N5O3. The number of hydrogen-bond donors (Lipinski definition) is 2. The Hall–Kier alpha value is -3.94. The van der Waals surface area contributed by atoms with Crippen molar-refractivity contribution in [1.82, 2.24) is 19.9 Å². The molecule has 28 heavy (non-hydrogen) atoms. The summed E-state index contributed by atoms with van der Waals surface area (Å²) in [6, 6.07) is 16.2.